The summed E-state index contributed by atoms with van der Waals surface area (Å²) >= 11 is 0. The van der Waals surface area contributed by atoms with Gasteiger partial charge in [0.2, 0.25) is 0 Å². The minimum Gasteiger partial charge on any atom is -0.389 e. The van der Waals surface area contributed by atoms with Gasteiger partial charge in [0.1, 0.15) is 17.3 Å². The summed E-state index contributed by atoms with van der Waals surface area (Å²) < 4.78 is 26.8. The number of para-hydroxylation sites is 1. The highest BCUT2D eigenvalue weighted by Crippen LogP contribution is 2.19. The van der Waals surface area contributed by atoms with Crippen molar-refractivity contribution in [1.82, 2.24) is 0 Å². The Bertz CT molecular complexity index is 622. The van der Waals surface area contributed by atoms with Crippen LogP contribution in [0.25, 0.3) is 0 Å². The summed E-state index contributed by atoms with van der Waals surface area (Å²) in [4.78, 5) is 11.7. The number of halogens is 2. The molecule has 0 radical (unpaired) electrons. The first-order valence-corrected chi connectivity index (χ1v) is 6.27. The third kappa shape index (κ3) is 3.76. The molecule has 0 heterocycles. The number of benzene rings is 2. The van der Waals surface area contributed by atoms with Crippen molar-refractivity contribution in [1.29, 1.82) is 0 Å². The Morgan fingerprint density at radius 1 is 1.05 bits per heavy atom. The molecule has 2 amide bonds. The number of anilines is 2. The minimum absolute atomic E-state index is 0.439. The molecule has 2 rings (SSSR count). The van der Waals surface area contributed by atoms with Gasteiger partial charge in [-0.15, -0.1) is 0 Å². The van der Waals surface area contributed by atoms with Gasteiger partial charge in [0.05, 0.1) is 6.10 Å². The first-order chi connectivity index (χ1) is 9.97. The van der Waals surface area contributed by atoms with Gasteiger partial charge in [-0.2, -0.15) is 0 Å². The van der Waals surface area contributed by atoms with Gasteiger partial charge in [0, 0.05) is 5.69 Å². The van der Waals surface area contributed by atoms with E-state index >= 15 is 0 Å². The summed E-state index contributed by atoms with van der Waals surface area (Å²) in [5.41, 5.74) is 0.630. The average molecular weight is 292 g/mol. The first-order valence-electron chi connectivity index (χ1n) is 6.27. The lowest BCUT2D eigenvalue weighted by Crippen LogP contribution is -2.20. The molecule has 0 aliphatic rings. The molecule has 21 heavy (non-hydrogen) atoms. The monoisotopic (exact) mass is 292 g/mol. The number of rotatable bonds is 3. The summed E-state index contributed by atoms with van der Waals surface area (Å²) in [6.45, 7) is 1.62. The lowest BCUT2D eigenvalue weighted by atomic mass is 10.1. The van der Waals surface area contributed by atoms with E-state index in [4.69, 9.17) is 0 Å². The van der Waals surface area contributed by atoms with Gasteiger partial charge in [-0.3, -0.25) is 0 Å². The molecule has 0 fully saturated rings. The molecule has 3 N–H and O–H groups in total. The smallest absolute Gasteiger partial charge is 0.323 e. The summed E-state index contributed by atoms with van der Waals surface area (Å²) in [5, 5.41) is 13.9. The van der Waals surface area contributed by atoms with Gasteiger partial charge >= 0.3 is 6.03 Å². The van der Waals surface area contributed by atoms with Crippen molar-refractivity contribution in [2.45, 2.75) is 13.0 Å². The van der Waals surface area contributed by atoms with Crippen LogP contribution < -0.4 is 10.6 Å². The number of carbonyl (C=O) groups excluding carboxylic acids is 1. The highest BCUT2D eigenvalue weighted by molar-refractivity contribution is 5.99. The first kappa shape index (κ1) is 14.9. The Morgan fingerprint density at radius 3 is 2.14 bits per heavy atom. The number of aliphatic hydroxyl groups is 1. The van der Waals surface area contributed by atoms with Crippen molar-refractivity contribution >= 4 is 17.4 Å². The molecule has 0 saturated carbocycles. The molecule has 0 spiro atoms. The SMILES string of the molecule is CC(O)c1ccc(NC(=O)Nc2c(F)cccc2F)cc1. The van der Waals surface area contributed by atoms with Crippen LogP contribution in [0, 0.1) is 11.6 Å². The third-order valence-corrected chi connectivity index (χ3v) is 2.85. The fourth-order valence-corrected chi connectivity index (χ4v) is 1.74. The van der Waals surface area contributed by atoms with Crippen LogP contribution in [0.15, 0.2) is 42.5 Å². The maximum absolute atomic E-state index is 13.4. The van der Waals surface area contributed by atoms with E-state index in [9.17, 15) is 18.7 Å². The van der Waals surface area contributed by atoms with Gasteiger partial charge in [0.15, 0.2) is 0 Å². The number of aliphatic hydroxyl groups excluding tert-OH is 1. The topological polar surface area (TPSA) is 61.4 Å². The summed E-state index contributed by atoms with van der Waals surface area (Å²) in [6.07, 6.45) is -0.611. The van der Waals surface area contributed by atoms with Crippen LogP contribution in [-0.2, 0) is 0 Å². The number of amides is 2. The van der Waals surface area contributed by atoms with Crippen molar-refractivity contribution in [3.8, 4) is 0 Å². The fourth-order valence-electron chi connectivity index (χ4n) is 1.74. The van der Waals surface area contributed by atoms with Gasteiger partial charge in [-0.25, -0.2) is 13.6 Å². The molecule has 1 unspecified atom stereocenters. The Kier molecular flexibility index (Phi) is 4.49. The predicted octanol–water partition coefficient (Wildman–Crippen LogP) is 3.66. The largest absolute Gasteiger partial charge is 0.389 e. The highest BCUT2D eigenvalue weighted by atomic mass is 19.1. The van der Waals surface area contributed by atoms with Crippen molar-refractivity contribution in [3.05, 3.63) is 59.7 Å². The molecule has 2 aromatic rings. The van der Waals surface area contributed by atoms with E-state index in [1.807, 2.05) is 0 Å². The van der Waals surface area contributed by atoms with E-state index < -0.39 is 29.5 Å². The number of nitrogens with one attached hydrogen (secondary N) is 2. The van der Waals surface area contributed by atoms with Gasteiger partial charge in [-0.1, -0.05) is 18.2 Å². The lowest BCUT2D eigenvalue weighted by molar-refractivity contribution is 0.199. The highest BCUT2D eigenvalue weighted by Gasteiger charge is 2.11. The number of urea groups is 1. The van der Waals surface area contributed by atoms with Crippen LogP contribution in [0.5, 0.6) is 0 Å². The zero-order chi connectivity index (χ0) is 15.4. The molecule has 0 aliphatic heterocycles. The van der Waals surface area contributed by atoms with E-state index in [-0.39, 0.29) is 0 Å². The summed E-state index contributed by atoms with van der Waals surface area (Å²) in [7, 11) is 0. The van der Waals surface area contributed by atoms with E-state index in [0.29, 0.717) is 11.3 Å². The van der Waals surface area contributed by atoms with Crippen LogP contribution in [-0.4, -0.2) is 11.1 Å². The molecule has 0 aliphatic carbocycles. The van der Waals surface area contributed by atoms with E-state index in [0.717, 1.165) is 12.1 Å². The number of carbonyl (C=O) groups is 1. The van der Waals surface area contributed by atoms with Crippen molar-refractivity contribution in [3.63, 3.8) is 0 Å². The molecular formula is C15H14F2N2O2. The van der Waals surface area contributed by atoms with Crippen LogP contribution in [0.1, 0.15) is 18.6 Å². The van der Waals surface area contributed by atoms with Crippen LogP contribution in [0.2, 0.25) is 0 Å². The number of hydrogen-bond donors (Lipinski definition) is 3. The Balaban J connectivity index is 2.05. The zero-order valence-electron chi connectivity index (χ0n) is 11.2. The summed E-state index contributed by atoms with van der Waals surface area (Å²) in [5.74, 6) is -1.70. The minimum atomic E-state index is -0.852. The second kappa shape index (κ2) is 6.32. The second-order valence-corrected chi connectivity index (χ2v) is 4.47. The zero-order valence-corrected chi connectivity index (χ0v) is 11.2. The molecule has 0 aromatic heterocycles. The molecule has 1 atom stereocenters. The van der Waals surface area contributed by atoms with Gasteiger partial charge in [0.25, 0.3) is 0 Å². The maximum atomic E-state index is 13.4. The fraction of sp³-hybridized carbons (Fsp3) is 0.133. The molecule has 0 bridgehead atoms. The molecule has 110 valence electrons. The van der Waals surface area contributed by atoms with E-state index in [1.54, 1.807) is 31.2 Å². The van der Waals surface area contributed by atoms with Crippen molar-refractivity contribution in [2.24, 2.45) is 0 Å². The van der Waals surface area contributed by atoms with E-state index in [2.05, 4.69) is 10.6 Å². The molecule has 4 nitrogen and oxygen atoms in total. The van der Waals surface area contributed by atoms with E-state index in [1.165, 1.54) is 6.07 Å². The Labute approximate surface area is 120 Å². The van der Waals surface area contributed by atoms with Crippen LogP contribution >= 0.6 is 0 Å². The quantitative estimate of drug-likeness (QED) is 0.808. The van der Waals surface area contributed by atoms with Crippen LogP contribution in [0.4, 0.5) is 25.0 Å². The standard InChI is InChI=1S/C15H14F2N2O2/c1-9(20)10-5-7-11(8-6-10)18-15(21)19-14-12(16)3-2-4-13(14)17/h2-9,20H,1H3,(H2,18,19,21). The van der Waals surface area contributed by atoms with Crippen molar-refractivity contribution < 1.29 is 18.7 Å². The number of hydrogen-bond acceptors (Lipinski definition) is 2. The Hall–Kier alpha value is -2.47. The normalized spacial score (nSPS) is 11.8. The maximum Gasteiger partial charge on any atom is 0.323 e. The van der Waals surface area contributed by atoms with Crippen molar-refractivity contribution in [2.75, 3.05) is 10.6 Å². The second-order valence-electron chi connectivity index (χ2n) is 4.47. The average Bonchev–Trinajstić information content (AvgIpc) is 2.43. The predicted molar refractivity (Wildman–Crippen MR) is 76.1 cm³/mol. The molecule has 2 aromatic carbocycles. The molecular weight excluding hydrogens is 278 g/mol. The van der Waals surface area contributed by atoms with Gasteiger partial charge in [-0.05, 0) is 36.8 Å². The third-order valence-electron chi connectivity index (χ3n) is 2.85. The van der Waals surface area contributed by atoms with Gasteiger partial charge < -0.3 is 15.7 Å². The molecule has 0 saturated heterocycles. The molecule has 6 heteroatoms. The lowest BCUT2D eigenvalue weighted by Gasteiger charge is -2.10. The summed E-state index contributed by atoms with van der Waals surface area (Å²) in [6, 6.07) is 9.00. The Morgan fingerprint density at radius 2 is 1.62 bits per heavy atom. The van der Waals surface area contributed by atoms with Crippen LogP contribution in [0.3, 0.4) is 0 Å².